The van der Waals surface area contributed by atoms with E-state index in [1.165, 1.54) is 0 Å². The van der Waals surface area contributed by atoms with Crippen molar-refractivity contribution in [3.05, 3.63) is 96.6 Å². The van der Waals surface area contributed by atoms with Crippen molar-refractivity contribution < 1.29 is 4.79 Å². The molecule has 0 fully saturated rings. The third kappa shape index (κ3) is 3.60. The molecule has 2 aromatic heterocycles. The highest BCUT2D eigenvalue weighted by Gasteiger charge is 2.21. The smallest absolute Gasteiger partial charge is 0.197 e. The van der Waals surface area contributed by atoms with E-state index < -0.39 is 0 Å². The van der Waals surface area contributed by atoms with E-state index in [0.29, 0.717) is 0 Å². The fourth-order valence-electron chi connectivity index (χ4n) is 3.37. The lowest BCUT2D eigenvalue weighted by Gasteiger charge is -2.05. The summed E-state index contributed by atoms with van der Waals surface area (Å²) in [4.78, 5) is 13.4. The summed E-state index contributed by atoms with van der Waals surface area (Å²) in [5.74, 6) is 0.0453. The zero-order valence-electron chi connectivity index (χ0n) is 15.3. The Hall–Kier alpha value is -3.04. The first-order valence-electron chi connectivity index (χ1n) is 8.61. The zero-order valence-corrected chi connectivity index (χ0v) is 16.1. The van der Waals surface area contributed by atoms with Gasteiger partial charge in [0.1, 0.15) is 0 Å². The quantitative estimate of drug-likeness (QED) is 0.441. The second-order valence-electron chi connectivity index (χ2n) is 6.56. The van der Waals surface area contributed by atoms with E-state index in [9.17, 15) is 4.79 Å². The maximum atomic E-state index is 13.4. The lowest BCUT2D eigenvalue weighted by atomic mass is 9.95. The van der Waals surface area contributed by atoms with Gasteiger partial charge in [0.15, 0.2) is 5.78 Å². The van der Waals surface area contributed by atoms with Crippen LogP contribution in [0.25, 0.3) is 22.3 Å². The Morgan fingerprint density at radius 1 is 0.630 bits per heavy atom. The van der Waals surface area contributed by atoms with Crippen molar-refractivity contribution in [1.82, 2.24) is 9.13 Å². The van der Waals surface area contributed by atoms with Crippen LogP contribution in [0.5, 0.6) is 0 Å². The summed E-state index contributed by atoms with van der Waals surface area (Å²) in [5, 5.41) is 0. The highest BCUT2D eigenvalue weighted by molar-refractivity contribution is 6.16. The van der Waals surface area contributed by atoms with E-state index in [0.717, 1.165) is 33.4 Å². The maximum Gasteiger partial charge on any atom is 0.197 e. The molecule has 0 N–H and O–H groups in total. The molecule has 4 aromatic rings. The molecule has 2 heterocycles. The van der Waals surface area contributed by atoms with Crippen LogP contribution in [-0.4, -0.2) is 14.9 Å². The third-order valence-electron chi connectivity index (χ3n) is 4.57. The van der Waals surface area contributed by atoms with Crippen LogP contribution in [0.3, 0.4) is 0 Å². The second kappa shape index (κ2) is 7.68. The van der Waals surface area contributed by atoms with Gasteiger partial charge in [-0.1, -0.05) is 60.7 Å². The Morgan fingerprint density at radius 2 is 1.00 bits per heavy atom. The lowest BCUT2D eigenvalue weighted by molar-refractivity contribution is 0.104. The van der Waals surface area contributed by atoms with Gasteiger partial charge < -0.3 is 9.13 Å². The van der Waals surface area contributed by atoms with Gasteiger partial charge in [-0.25, -0.2) is 0 Å². The summed E-state index contributed by atoms with van der Waals surface area (Å²) in [6.07, 6.45) is 7.83. The van der Waals surface area contributed by atoms with Crippen molar-refractivity contribution in [3.63, 3.8) is 0 Å². The molecule has 0 radical (unpaired) electrons. The van der Waals surface area contributed by atoms with Crippen molar-refractivity contribution in [3.8, 4) is 22.3 Å². The SMILES string of the molecule is Cl.Cn1cc(C(=O)c2cn(C)cc2-c2ccccc2)c(-c2ccccc2)c1. The Kier molecular flexibility index (Phi) is 5.33. The molecule has 0 saturated heterocycles. The molecule has 4 rings (SSSR count). The molecule has 0 unspecified atom stereocenters. The Balaban J connectivity index is 0.00000210. The van der Waals surface area contributed by atoms with Crippen LogP contribution >= 0.6 is 12.4 Å². The largest absolute Gasteiger partial charge is 0.356 e. The molecule has 0 amide bonds. The van der Waals surface area contributed by atoms with Crippen molar-refractivity contribution >= 4 is 18.2 Å². The lowest BCUT2D eigenvalue weighted by Crippen LogP contribution is -2.02. The van der Waals surface area contributed by atoms with Crippen molar-refractivity contribution in [1.29, 1.82) is 0 Å². The average molecular weight is 377 g/mol. The highest BCUT2D eigenvalue weighted by atomic mass is 35.5. The molecule has 0 saturated carbocycles. The van der Waals surface area contributed by atoms with Crippen molar-refractivity contribution in [2.24, 2.45) is 14.1 Å². The van der Waals surface area contributed by atoms with Gasteiger partial charge in [-0.3, -0.25) is 4.79 Å². The Bertz CT molecular complexity index is 977. The van der Waals surface area contributed by atoms with Gasteiger partial charge >= 0.3 is 0 Å². The van der Waals surface area contributed by atoms with Gasteiger partial charge in [0.25, 0.3) is 0 Å². The van der Waals surface area contributed by atoms with Crippen LogP contribution in [0.1, 0.15) is 15.9 Å². The minimum atomic E-state index is 0. The summed E-state index contributed by atoms with van der Waals surface area (Å²) in [5.41, 5.74) is 5.47. The molecule has 0 bridgehead atoms. The van der Waals surface area contributed by atoms with Gasteiger partial charge in [-0.2, -0.15) is 0 Å². The number of rotatable bonds is 4. The van der Waals surface area contributed by atoms with Gasteiger partial charge in [0.05, 0.1) is 0 Å². The van der Waals surface area contributed by atoms with E-state index in [4.69, 9.17) is 0 Å². The van der Waals surface area contributed by atoms with Crippen LogP contribution in [0.2, 0.25) is 0 Å². The van der Waals surface area contributed by atoms with E-state index in [1.807, 2.05) is 109 Å². The van der Waals surface area contributed by atoms with Crippen molar-refractivity contribution in [2.75, 3.05) is 0 Å². The molecule has 0 atom stereocenters. The Labute approximate surface area is 165 Å². The first kappa shape index (κ1) is 18.7. The van der Waals surface area contributed by atoms with Gasteiger partial charge in [-0.05, 0) is 11.1 Å². The molecule has 136 valence electrons. The fraction of sp³-hybridized carbons (Fsp3) is 0.0870. The first-order valence-corrected chi connectivity index (χ1v) is 8.61. The highest BCUT2D eigenvalue weighted by Crippen LogP contribution is 2.31. The summed E-state index contributed by atoms with van der Waals surface area (Å²) in [6, 6.07) is 20.1. The van der Waals surface area contributed by atoms with Crippen LogP contribution in [0.15, 0.2) is 85.5 Å². The predicted molar refractivity (Wildman–Crippen MR) is 112 cm³/mol. The summed E-state index contributed by atoms with van der Waals surface area (Å²) < 4.78 is 3.89. The average Bonchev–Trinajstić information content (AvgIpc) is 3.25. The standard InChI is InChI=1S/C23H20N2O.ClH/c1-24-13-19(17-9-5-3-6-10-17)21(15-24)23(26)22-16-25(2)14-20(22)18-11-7-4-8-12-18;/h3-16H,1-2H3;1H. The molecule has 0 aliphatic heterocycles. The molecular weight excluding hydrogens is 356 g/mol. The molecule has 0 aliphatic rings. The summed E-state index contributed by atoms with van der Waals surface area (Å²) >= 11 is 0. The molecule has 27 heavy (non-hydrogen) atoms. The van der Waals surface area contributed by atoms with Crippen LogP contribution in [-0.2, 0) is 14.1 Å². The first-order chi connectivity index (χ1) is 12.6. The monoisotopic (exact) mass is 376 g/mol. The second-order valence-corrected chi connectivity index (χ2v) is 6.56. The van der Waals surface area contributed by atoms with E-state index in [1.54, 1.807) is 0 Å². The third-order valence-corrected chi connectivity index (χ3v) is 4.57. The van der Waals surface area contributed by atoms with Crippen LogP contribution in [0, 0.1) is 0 Å². The number of hydrogen-bond acceptors (Lipinski definition) is 1. The van der Waals surface area contributed by atoms with Crippen LogP contribution in [0.4, 0.5) is 0 Å². The number of ketones is 1. The predicted octanol–water partition coefficient (Wildman–Crippen LogP) is 5.35. The molecule has 2 aromatic carbocycles. The van der Waals surface area contributed by atoms with E-state index in [2.05, 4.69) is 0 Å². The number of halogens is 1. The number of aromatic nitrogens is 2. The number of aryl methyl sites for hydroxylation is 2. The number of nitrogens with zero attached hydrogens (tertiary/aromatic N) is 2. The summed E-state index contributed by atoms with van der Waals surface area (Å²) in [7, 11) is 3.90. The van der Waals surface area contributed by atoms with E-state index >= 15 is 0 Å². The molecule has 0 aliphatic carbocycles. The minimum Gasteiger partial charge on any atom is -0.356 e. The van der Waals surface area contributed by atoms with Gasteiger partial charge in [0.2, 0.25) is 0 Å². The van der Waals surface area contributed by atoms with E-state index in [-0.39, 0.29) is 18.2 Å². The maximum absolute atomic E-state index is 13.4. The number of carbonyl (C=O) groups excluding carboxylic acids is 1. The number of carbonyl (C=O) groups is 1. The molecule has 0 spiro atoms. The van der Waals surface area contributed by atoms with Gasteiger partial charge in [0, 0.05) is 61.1 Å². The summed E-state index contributed by atoms with van der Waals surface area (Å²) in [6.45, 7) is 0. The molecular formula is C23H21ClN2O. The number of benzene rings is 2. The molecule has 3 nitrogen and oxygen atoms in total. The normalized spacial score (nSPS) is 10.4. The van der Waals surface area contributed by atoms with Crippen molar-refractivity contribution in [2.45, 2.75) is 0 Å². The Morgan fingerprint density at radius 3 is 1.37 bits per heavy atom. The number of hydrogen-bond donors (Lipinski definition) is 0. The van der Waals surface area contributed by atoms with Crippen LogP contribution < -0.4 is 0 Å². The fourth-order valence-corrected chi connectivity index (χ4v) is 3.37. The minimum absolute atomic E-state index is 0. The van der Waals surface area contributed by atoms with Gasteiger partial charge in [-0.15, -0.1) is 12.4 Å². The zero-order chi connectivity index (χ0) is 18.1. The molecule has 4 heteroatoms. The topological polar surface area (TPSA) is 26.9 Å².